The summed E-state index contributed by atoms with van der Waals surface area (Å²) >= 11 is 0. The molecule has 0 amide bonds. The molecule has 1 atom stereocenters. The Morgan fingerprint density at radius 2 is 1.88 bits per heavy atom. The van der Waals surface area contributed by atoms with Crippen LogP contribution in [0.4, 0.5) is 0 Å². The summed E-state index contributed by atoms with van der Waals surface area (Å²) in [5.74, 6) is 2.35. The van der Waals surface area contributed by atoms with Crippen LogP contribution in [0.2, 0.25) is 0 Å². The smallest absolute Gasteiger partial charge is 0.228 e. The summed E-state index contributed by atoms with van der Waals surface area (Å²) in [6, 6.07) is 17.6. The van der Waals surface area contributed by atoms with E-state index in [1.165, 1.54) is 0 Å². The average Bonchev–Trinajstić information content (AvgIpc) is 3.28. The fourth-order valence-corrected chi connectivity index (χ4v) is 4.56. The van der Waals surface area contributed by atoms with Gasteiger partial charge >= 0.3 is 0 Å². The van der Waals surface area contributed by atoms with Crippen LogP contribution in [0.15, 0.2) is 72.3 Å². The quantitative estimate of drug-likeness (QED) is 0.487. The Balaban J connectivity index is 1.59. The van der Waals surface area contributed by atoms with Gasteiger partial charge in [0.15, 0.2) is 17.3 Å². The minimum atomic E-state index is -0.323. The lowest BCUT2D eigenvalue weighted by atomic mass is 9.78. The molecule has 158 valence electrons. The van der Waals surface area contributed by atoms with Crippen LogP contribution in [0, 0.1) is 0 Å². The Labute approximate surface area is 184 Å². The number of carbonyl (C=O) groups is 1. The molecule has 1 aliphatic carbocycles. The van der Waals surface area contributed by atoms with Crippen molar-refractivity contribution in [2.24, 2.45) is 0 Å². The van der Waals surface area contributed by atoms with Gasteiger partial charge in [-0.05, 0) is 24.1 Å². The molecule has 0 spiro atoms. The molecule has 32 heavy (non-hydrogen) atoms. The molecule has 2 aromatic carbocycles. The van der Waals surface area contributed by atoms with Crippen molar-refractivity contribution >= 4 is 11.4 Å². The minimum Gasteiger partial charge on any atom is -0.497 e. The van der Waals surface area contributed by atoms with E-state index in [1.807, 2.05) is 54.6 Å². The van der Waals surface area contributed by atoms with Gasteiger partial charge in [0.05, 0.1) is 12.7 Å². The normalized spacial score (nSPS) is 17.7. The van der Waals surface area contributed by atoms with Crippen LogP contribution < -0.4 is 9.47 Å². The van der Waals surface area contributed by atoms with Crippen molar-refractivity contribution in [3.8, 4) is 23.0 Å². The first-order valence-electron chi connectivity index (χ1n) is 10.6. The molecule has 7 heteroatoms. The van der Waals surface area contributed by atoms with Crippen molar-refractivity contribution in [3.63, 3.8) is 0 Å². The molecular formula is C25H20N4O3. The van der Waals surface area contributed by atoms with E-state index in [4.69, 9.17) is 14.5 Å². The lowest BCUT2D eigenvalue weighted by Gasteiger charge is -2.32. The van der Waals surface area contributed by atoms with E-state index < -0.39 is 0 Å². The highest BCUT2D eigenvalue weighted by molar-refractivity contribution is 6.00. The Kier molecular flexibility index (Phi) is 4.28. The van der Waals surface area contributed by atoms with Crippen molar-refractivity contribution in [1.29, 1.82) is 0 Å². The molecule has 7 nitrogen and oxygen atoms in total. The summed E-state index contributed by atoms with van der Waals surface area (Å²) < 4.78 is 13.2. The summed E-state index contributed by atoms with van der Waals surface area (Å²) in [6.07, 6.45) is 3.65. The van der Waals surface area contributed by atoms with E-state index >= 15 is 0 Å². The zero-order chi connectivity index (χ0) is 21.7. The number of benzene rings is 2. The molecule has 3 heterocycles. The van der Waals surface area contributed by atoms with E-state index in [0.717, 1.165) is 35.3 Å². The van der Waals surface area contributed by atoms with Gasteiger partial charge in [0.1, 0.15) is 17.8 Å². The van der Waals surface area contributed by atoms with E-state index in [1.54, 1.807) is 18.0 Å². The van der Waals surface area contributed by atoms with E-state index in [2.05, 4.69) is 10.1 Å². The topological polar surface area (TPSA) is 78.6 Å². The minimum absolute atomic E-state index is 0.113. The van der Waals surface area contributed by atoms with Crippen LogP contribution in [-0.4, -0.2) is 32.5 Å². The Bertz CT molecular complexity index is 1370. The van der Waals surface area contributed by atoms with Crippen molar-refractivity contribution in [1.82, 2.24) is 19.6 Å². The van der Waals surface area contributed by atoms with Crippen molar-refractivity contribution in [2.45, 2.75) is 25.2 Å². The number of hydrogen-bond acceptors (Lipinski definition) is 6. The average molecular weight is 424 g/mol. The molecule has 1 aliphatic heterocycles. The number of aromatic nitrogens is 4. The highest BCUT2D eigenvalue weighted by Crippen LogP contribution is 2.47. The number of rotatable bonds is 3. The van der Waals surface area contributed by atoms with Gasteiger partial charge in [-0.2, -0.15) is 0 Å². The Morgan fingerprint density at radius 3 is 2.66 bits per heavy atom. The summed E-state index contributed by atoms with van der Waals surface area (Å²) in [4.78, 5) is 22.5. The predicted molar refractivity (Wildman–Crippen MR) is 118 cm³/mol. The molecule has 0 N–H and O–H groups in total. The standard InChI is InChI=1S/C25H20N4O3/c1-31-17-12-10-15(11-13-17)20-21-18(30)8-5-9-19(21)32-25-22(20)24-27-23(28-29(24)14-26-25)16-6-3-2-4-7-16/h2-4,6-7,10-14,20H,5,8-9H2,1H3/t20-/m0/s1. The van der Waals surface area contributed by atoms with Crippen molar-refractivity contribution in [3.05, 3.63) is 83.4 Å². The van der Waals surface area contributed by atoms with Gasteiger partial charge in [0, 0.05) is 29.9 Å². The van der Waals surface area contributed by atoms with Gasteiger partial charge in [0.25, 0.3) is 0 Å². The summed E-state index contributed by atoms with van der Waals surface area (Å²) in [7, 11) is 1.64. The number of ether oxygens (including phenoxy) is 2. The van der Waals surface area contributed by atoms with Crippen LogP contribution >= 0.6 is 0 Å². The van der Waals surface area contributed by atoms with Crippen molar-refractivity contribution in [2.75, 3.05) is 7.11 Å². The maximum atomic E-state index is 13.1. The van der Waals surface area contributed by atoms with E-state index in [9.17, 15) is 4.79 Å². The number of allylic oxidation sites excluding steroid dienone is 2. The Morgan fingerprint density at radius 1 is 1.06 bits per heavy atom. The number of Topliss-reactive ketones (excluding diaryl/α,β-unsaturated/α-hetero) is 1. The summed E-state index contributed by atoms with van der Waals surface area (Å²) in [5.41, 5.74) is 3.99. The van der Waals surface area contributed by atoms with E-state index in [0.29, 0.717) is 35.1 Å². The number of ketones is 1. The summed E-state index contributed by atoms with van der Waals surface area (Å²) in [5, 5.41) is 4.64. The fraction of sp³-hybridized carbons (Fsp3) is 0.200. The third kappa shape index (κ3) is 2.89. The maximum Gasteiger partial charge on any atom is 0.228 e. The molecule has 0 unspecified atom stereocenters. The second kappa shape index (κ2) is 7.30. The largest absolute Gasteiger partial charge is 0.497 e. The van der Waals surface area contributed by atoms with Gasteiger partial charge < -0.3 is 9.47 Å². The van der Waals surface area contributed by atoms with Gasteiger partial charge in [-0.3, -0.25) is 4.79 Å². The molecule has 4 aromatic rings. The fourth-order valence-electron chi connectivity index (χ4n) is 4.56. The number of carbonyl (C=O) groups excluding carboxylic acids is 1. The maximum absolute atomic E-state index is 13.1. The SMILES string of the molecule is COc1ccc([C@H]2C3=C(CCCC3=O)Oc3ncn4nc(-c5ccccc5)nc4c32)cc1. The van der Waals surface area contributed by atoms with Crippen LogP contribution in [0.1, 0.15) is 36.3 Å². The number of methoxy groups -OCH3 is 1. The molecule has 0 saturated heterocycles. The lowest BCUT2D eigenvalue weighted by Crippen LogP contribution is -2.26. The third-order valence-electron chi connectivity index (χ3n) is 6.07. The molecule has 0 fully saturated rings. The first-order chi connectivity index (χ1) is 15.7. The zero-order valence-corrected chi connectivity index (χ0v) is 17.5. The van der Waals surface area contributed by atoms with Crippen LogP contribution in [-0.2, 0) is 4.79 Å². The summed E-state index contributed by atoms with van der Waals surface area (Å²) in [6.45, 7) is 0. The zero-order valence-electron chi connectivity index (χ0n) is 17.5. The molecule has 0 saturated carbocycles. The first kappa shape index (κ1) is 18.7. The predicted octanol–water partition coefficient (Wildman–Crippen LogP) is 4.33. The van der Waals surface area contributed by atoms with Crippen molar-refractivity contribution < 1.29 is 14.3 Å². The monoisotopic (exact) mass is 424 g/mol. The van der Waals surface area contributed by atoms with Gasteiger partial charge in [0.2, 0.25) is 5.88 Å². The molecular weight excluding hydrogens is 404 g/mol. The highest BCUT2D eigenvalue weighted by atomic mass is 16.5. The van der Waals surface area contributed by atoms with Crippen LogP contribution in [0.25, 0.3) is 17.0 Å². The van der Waals surface area contributed by atoms with Gasteiger partial charge in [-0.25, -0.2) is 14.5 Å². The van der Waals surface area contributed by atoms with Crippen LogP contribution in [0.5, 0.6) is 11.6 Å². The molecule has 0 radical (unpaired) electrons. The number of nitrogens with zero attached hydrogens (tertiary/aromatic N) is 4. The highest BCUT2D eigenvalue weighted by Gasteiger charge is 2.39. The second-order valence-electron chi connectivity index (χ2n) is 7.95. The lowest BCUT2D eigenvalue weighted by molar-refractivity contribution is -0.116. The molecule has 6 rings (SSSR count). The molecule has 0 bridgehead atoms. The number of fused-ring (bicyclic) bond motifs is 3. The van der Waals surface area contributed by atoms with Gasteiger partial charge in [-0.1, -0.05) is 42.5 Å². The third-order valence-corrected chi connectivity index (χ3v) is 6.07. The van der Waals surface area contributed by atoms with E-state index in [-0.39, 0.29) is 11.7 Å². The molecule has 2 aromatic heterocycles. The van der Waals surface area contributed by atoms with Gasteiger partial charge in [-0.15, -0.1) is 5.10 Å². The number of hydrogen-bond donors (Lipinski definition) is 0. The second-order valence-corrected chi connectivity index (χ2v) is 7.95. The first-order valence-corrected chi connectivity index (χ1v) is 10.6. The Hall–Kier alpha value is -4.00. The van der Waals surface area contributed by atoms with Crippen LogP contribution in [0.3, 0.4) is 0 Å². The molecule has 2 aliphatic rings.